The summed E-state index contributed by atoms with van der Waals surface area (Å²) in [6.07, 6.45) is -4.03. The van der Waals surface area contributed by atoms with E-state index in [4.69, 9.17) is 16.3 Å². The van der Waals surface area contributed by atoms with Crippen LogP contribution in [-0.4, -0.2) is 54.2 Å². The predicted octanol–water partition coefficient (Wildman–Crippen LogP) is 5.89. The number of carbonyl (C=O) groups is 2. The number of hydrogen-bond acceptors (Lipinski definition) is 5. The Balaban J connectivity index is 1.58. The predicted molar refractivity (Wildman–Crippen MR) is 136 cm³/mol. The summed E-state index contributed by atoms with van der Waals surface area (Å²) in [4.78, 5) is 28.9. The topological polar surface area (TPSA) is 62.2 Å². The van der Waals surface area contributed by atoms with Crippen LogP contribution in [0, 0.1) is 0 Å². The maximum atomic E-state index is 13.5. The van der Waals surface area contributed by atoms with Crippen molar-refractivity contribution in [1.82, 2.24) is 9.91 Å². The van der Waals surface area contributed by atoms with E-state index in [0.29, 0.717) is 11.4 Å². The third-order valence-electron chi connectivity index (χ3n) is 5.86. The first-order chi connectivity index (χ1) is 17.7. The zero-order valence-corrected chi connectivity index (χ0v) is 21.3. The van der Waals surface area contributed by atoms with Crippen molar-refractivity contribution in [3.8, 4) is 0 Å². The molecule has 0 saturated heterocycles. The molecule has 6 nitrogen and oxygen atoms in total. The fourth-order valence-electron chi connectivity index (χ4n) is 3.95. The summed E-state index contributed by atoms with van der Waals surface area (Å²) in [6.45, 7) is -0.110. The minimum atomic E-state index is -4.52. The van der Waals surface area contributed by atoms with Gasteiger partial charge in [-0.25, -0.2) is 5.01 Å². The average Bonchev–Trinajstić information content (AvgIpc) is 3.56. The van der Waals surface area contributed by atoms with Gasteiger partial charge in [0, 0.05) is 30.7 Å². The van der Waals surface area contributed by atoms with Crippen LogP contribution in [-0.2, 0) is 15.7 Å². The van der Waals surface area contributed by atoms with Crippen LogP contribution in [0.4, 0.5) is 13.2 Å². The zero-order valence-electron chi connectivity index (χ0n) is 19.7. The molecule has 1 atom stereocenters. The number of amides is 2. The maximum absolute atomic E-state index is 13.5. The number of methoxy groups -OCH3 is 1. The molecular weight excluding hydrogens is 527 g/mol. The summed E-state index contributed by atoms with van der Waals surface area (Å²) in [5.74, 6) is -1.01. The molecule has 37 heavy (non-hydrogen) atoms. The Morgan fingerprint density at radius 3 is 2.43 bits per heavy atom. The molecule has 0 unspecified atom stereocenters. The first-order valence-electron chi connectivity index (χ1n) is 11.3. The zero-order chi connectivity index (χ0) is 26.6. The first-order valence-corrected chi connectivity index (χ1v) is 12.6. The molecule has 3 aromatic rings. The highest BCUT2D eigenvalue weighted by Gasteiger charge is 2.35. The number of alkyl halides is 3. The van der Waals surface area contributed by atoms with E-state index in [1.807, 2.05) is 29.6 Å². The second kappa shape index (κ2) is 11.5. The Bertz CT molecular complexity index is 1260. The molecule has 0 fully saturated rings. The molecular formula is C26H23ClF3N3O3S. The van der Waals surface area contributed by atoms with Crippen molar-refractivity contribution in [2.75, 3.05) is 26.8 Å². The molecule has 0 aliphatic carbocycles. The van der Waals surface area contributed by atoms with E-state index in [0.717, 1.165) is 40.4 Å². The highest BCUT2D eigenvalue weighted by molar-refractivity contribution is 7.12. The van der Waals surface area contributed by atoms with Crippen molar-refractivity contribution in [2.24, 2.45) is 5.10 Å². The standard InChI is InChI=1S/C26H23ClF3N3O3S/c1-36-13-12-32(25(35)18-4-8-19(9-5-18)26(28,29)30)16-24(34)33-22(17-6-10-20(27)11-7-17)15-21(31-33)23-3-2-14-37-23/h2-11,14,22H,12-13,15-16H2,1H3/t22-/m0/s1. The van der Waals surface area contributed by atoms with Gasteiger partial charge < -0.3 is 9.64 Å². The van der Waals surface area contributed by atoms with Gasteiger partial charge in [-0.2, -0.15) is 18.3 Å². The smallest absolute Gasteiger partial charge is 0.383 e. The first kappa shape index (κ1) is 26.8. The van der Waals surface area contributed by atoms with E-state index in [-0.39, 0.29) is 25.3 Å². The lowest BCUT2D eigenvalue weighted by Gasteiger charge is -2.27. The Morgan fingerprint density at radius 1 is 1.14 bits per heavy atom. The summed E-state index contributed by atoms with van der Waals surface area (Å²) in [7, 11) is 1.46. The highest BCUT2D eigenvalue weighted by Crippen LogP contribution is 2.34. The monoisotopic (exact) mass is 549 g/mol. The van der Waals surface area contributed by atoms with E-state index in [9.17, 15) is 22.8 Å². The summed E-state index contributed by atoms with van der Waals surface area (Å²) < 4.78 is 43.9. The SMILES string of the molecule is COCCN(CC(=O)N1N=C(c2cccs2)C[C@H]1c1ccc(Cl)cc1)C(=O)c1ccc(C(F)(F)F)cc1. The molecule has 0 N–H and O–H groups in total. The van der Waals surface area contributed by atoms with Crippen LogP contribution in [0.3, 0.4) is 0 Å². The number of hydrazone groups is 1. The number of ether oxygens (including phenoxy) is 1. The van der Waals surface area contributed by atoms with Crippen molar-refractivity contribution in [3.63, 3.8) is 0 Å². The maximum Gasteiger partial charge on any atom is 0.416 e. The normalized spacial score (nSPS) is 15.5. The summed E-state index contributed by atoms with van der Waals surface area (Å²) in [6, 6.07) is 14.5. The van der Waals surface area contributed by atoms with Gasteiger partial charge in [-0.1, -0.05) is 29.8 Å². The lowest BCUT2D eigenvalue weighted by Crippen LogP contribution is -2.42. The van der Waals surface area contributed by atoms with Gasteiger partial charge in [0.1, 0.15) is 6.54 Å². The second-order valence-electron chi connectivity index (χ2n) is 8.33. The number of carbonyl (C=O) groups excluding carboxylic acids is 2. The van der Waals surface area contributed by atoms with E-state index >= 15 is 0 Å². The van der Waals surface area contributed by atoms with Gasteiger partial charge in [-0.3, -0.25) is 9.59 Å². The van der Waals surface area contributed by atoms with Crippen molar-refractivity contribution < 1.29 is 27.5 Å². The van der Waals surface area contributed by atoms with Crippen LogP contribution in [0.25, 0.3) is 0 Å². The quantitative estimate of drug-likeness (QED) is 0.352. The molecule has 1 aromatic heterocycles. The molecule has 2 amide bonds. The van der Waals surface area contributed by atoms with Gasteiger partial charge in [-0.05, 0) is 53.4 Å². The molecule has 11 heteroatoms. The molecule has 194 valence electrons. The number of nitrogens with zero attached hydrogens (tertiary/aromatic N) is 3. The Hall–Kier alpha value is -3.21. The summed E-state index contributed by atoms with van der Waals surface area (Å²) >= 11 is 7.56. The van der Waals surface area contributed by atoms with Crippen LogP contribution in [0.1, 0.15) is 38.8 Å². The summed E-state index contributed by atoms with van der Waals surface area (Å²) in [5.41, 5.74) is 0.767. The molecule has 1 aliphatic rings. The van der Waals surface area contributed by atoms with Gasteiger partial charge in [-0.15, -0.1) is 11.3 Å². The van der Waals surface area contributed by atoms with E-state index in [2.05, 4.69) is 5.10 Å². The Morgan fingerprint density at radius 2 is 1.84 bits per heavy atom. The van der Waals surface area contributed by atoms with E-state index < -0.39 is 29.6 Å². The van der Waals surface area contributed by atoms with Crippen LogP contribution in [0.15, 0.2) is 71.1 Å². The molecule has 2 aromatic carbocycles. The molecule has 0 spiro atoms. The lowest BCUT2D eigenvalue weighted by molar-refractivity contribution is -0.137. The van der Waals surface area contributed by atoms with Crippen molar-refractivity contribution in [1.29, 1.82) is 0 Å². The van der Waals surface area contributed by atoms with Crippen LogP contribution in [0.2, 0.25) is 5.02 Å². The Kier molecular flexibility index (Phi) is 8.31. The number of thiophene rings is 1. The molecule has 2 heterocycles. The van der Waals surface area contributed by atoms with Crippen LogP contribution < -0.4 is 0 Å². The average molecular weight is 550 g/mol. The van der Waals surface area contributed by atoms with Gasteiger partial charge >= 0.3 is 6.18 Å². The van der Waals surface area contributed by atoms with Crippen molar-refractivity contribution >= 4 is 40.5 Å². The minimum absolute atomic E-state index is 0.0374. The number of hydrogen-bond donors (Lipinski definition) is 0. The molecule has 0 saturated carbocycles. The van der Waals surface area contributed by atoms with E-state index in [1.165, 1.54) is 28.4 Å². The fourth-order valence-corrected chi connectivity index (χ4v) is 4.80. The molecule has 4 rings (SSSR count). The lowest BCUT2D eigenvalue weighted by atomic mass is 10.0. The van der Waals surface area contributed by atoms with Gasteiger partial charge in [0.15, 0.2) is 0 Å². The largest absolute Gasteiger partial charge is 0.416 e. The molecule has 0 radical (unpaired) electrons. The molecule has 1 aliphatic heterocycles. The van der Waals surface area contributed by atoms with Crippen molar-refractivity contribution in [2.45, 2.75) is 18.6 Å². The van der Waals surface area contributed by atoms with Crippen molar-refractivity contribution in [3.05, 3.63) is 92.6 Å². The third-order valence-corrected chi connectivity index (χ3v) is 7.03. The van der Waals surface area contributed by atoms with Crippen LogP contribution in [0.5, 0.6) is 0 Å². The van der Waals surface area contributed by atoms with E-state index in [1.54, 1.807) is 12.1 Å². The molecule has 0 bridgehead atoms. The van der Waals surface area contributed by atoms with Gasteiger partial charge in [0.2, 0.25) is 0 Å². The van der Waals surface area contributed by atoms with Gasteiger partial charge in [0.05, 0.1) is 28.8 Å². The third kappa shape index (κ3) is 6.38. The Labute approximate surface area is 220 Å². The number of benzene rings is 2. The minimum Gasteiger partial charge on any atom is -0.383 e. The second-order valence-corrected chi connectivity index (χ2v) is 9.71. The number of rotatable bonds is 8. The van der Waals surface area contributed by atoms with Crippen LogP contribution >= 0.6 is 22.9 Å². The highest BCUT2D eigenvalue weighted by atomic mass is 35.5. The van der Waals surface area contributed by atoms with Gasteiger partial charge in [0.25, 0.3) is 11.8 Å². The summed E-state index contributed by atoms with van der Waals surface area (Å²) in [5, 5.41) is 8.46. The number of halogens is 4. The fraction of sp³-hybridized carbons (Fsp3) is 0.269.